The molecule has 1 rings (SSSR count). The number of rotatable bonds is 6. The molecular weight excluding hydrogens is 224 g/mol. The summed E-state index contributed by atoms with van der Waals surface area (Å²) in [5.41, 5.74) is 8.99. The third kappa shape index (κ3) is 3.44. The summed E-state index contributed by atoms with van der Waals surface area (Å²) < 4.78 is 0. The molecule has 0 bridgehead atoms. The molecular formula is C15H22N2O. The first-order valence-corrected chi connectivity index (χ1v) is 6.42. The third-order valence-electron chi connectivity index (χ3n) is 3.00. The normalized spacial score (nSPS) is 11.9. The molecule has 18 heavy (non-hydrogen) atoms. The summed E-state index contributed by atoms with van der Waals surface area (Å²) >= 11 is 0. The minimum absolute atomic E-state index is 0.148. The molecule has 1 atom stereocenters. The lowest BCUT2D eigenvalue weighted by Gasteiger charge is -2.16. The van der Waals surface area contributed by atoms with E-state index < -0.39 is 6.04 Å². The molecule has 0 aliphatic rings. The van der Waals surface area contributed by atoms with Crippen LogP contribution in [-0.4, -0.2) is 11.9 Å². The molecule has 0 radical (unpaired) electrons. The van der Waals surface area contributed by atoms with E-state index in [0.29, 0.717) is 6.42 Å². The Morgan fingerprint density at radius 3 is 2.39 bits per heavy atom. The molecule has 0 aliphatic heterocycles. The van der Waals surface area contributed by atoms with Crippen LogP contribution in [0, 0.1) is 0 Å². The van der Waals surface area contributed by atoms with E-state index in [4.69, 9.17) is 5.73 Å². The van der Waals surface area contributed by atoms with Crippen LogP contribution in [0.5, 0.6) is 0 Å². The second kappa shape index (κ2) is 6.97. The highest BCUT2D eigenvalue weighted by molar-refractivity contribution is 5.96. The Kier molecular flexibility index (Phi) is 5.59. The van der Waals surface area contributed by atoms with Gasteiger partial charge in [-0.15, -0.1) is 6.58 Å². The average molecular weight is 246 g/mol. The first-order valence-electron chi connectivity index (χ1n) is 6.42. The lowest BCUT2D eigenvalue weighted by molar-refractivity contribution is -0.117. The molecule has 0 aromatic heterocycles. The van der Waals surface area contributed by atoms with Gasteiger partial charge in [0.05, 0.1) is 6.04 Å². The van der Waals surface area contributed by atoms with Crippen molar-refractivity contribution in [2.75, 3.05) is 5.32 Å². The van der Waals surface area contributed by atoms with Crippen molar-refractivity contribution in [1.29, 1.82) is 0 Å². The molecule has 3 heteroatoms. The van der Waals surface area contributed by atoms with Gasteiger partial charge in [-0.3, -0.25) is 4.79 Å². The van der Waals surface area contributed by atoms with E-state index >= 15 is 0 Å². The van der Waals surface area contributed by atoms with Crippen molar-refractivity contribution in [3.8, 4) is 0 Å². The first-order chi connectivity index (χ1) is 8.63. The molecule has 1 aromatic carbocycles. The maximum atomic E-state index is 12.0. The zero-order valence-corrected chi connectivity index (χ0v) is 11.2. The van der Waals surface area contributed by atoms with Gasteiger partial charge in [-0.25, -0.2) is 0 Å². The molecule has 98 valence electrons. The molecule has 0 spiro atoms. The Labute approximate surface area is 109 Å². The lowest BCUT2D eigenvalue weighted by atomic mass is 10.0. The highest BCUT2D eigenvalue weighted by atomic mass is 16.2. The molecule has 1 amide bonds. The summed E-state index contributed by atoms with van der Waals surface area (Å²) in [5, 5.41) is 2.95. The molecule has 1 aromatic rings. The summed E-state index contributed by atoms with van der Waals surface area (Å²) in [6.45, 7) is 7.75. The Morgan fingerprint density at radius 2 is 1.94 bits per heavy atom. The minimum atomic E-state index is -0.530. The predicted octanol–water partition coefficient (Wildman–Crippen LogP) is 2.65. The van der Waals surface area contributed by atoms with E-state index in [0.717, 1.165) is 29.7 Å². The zero-order valence-electron chi connectivity index (χ0n) is 11.2. The molecule has 3 nitrogen and oxygen atoms in total. The van der Waals surface area contributed by atoms with Crippen LogP contribution in [0.15, 0.2) is 30.9 Å². The number of para-hydroxylation sites is 1. The van der Waals surface area contributed by atoms with E-state index in [1.54, 1.807) is 6.08 Å². The fourth-order valence-corrected chi connectivity index (χ4v) is 1.91. The number of nitrogens with one attached hydrogen (secondary N) is 1. The molecule has 3 N–H and O–H groups in total. The van der Waals surface area contributed by atoms with Crippen LogP contribution in [0.4, 0.5) is 5.69 Å². The van der Waals surface area contributed by atoms with Gasteiger partial charge in [-0.2, -0.15) is 0 Å². The monoisotopic (exact) mass is 246 g/mol. The van der Waals surface area contributed by atoms with Crippen molar-refractivity contribution in [2.24, 2.45) is 5.73 Å². The number of carbonyl (C=O) groups excluding carboxylic acids is 1. The summed E-state index contributed by atoms with van der Waals surface area (Å²) in [6, 6.07) is 5.57. The van der Waals surface area contributed by atoms with Gasteiger partial charge in [0.1, 0.15) is 0 Å². The summed E-state index contributed by atoms with van der Waals surface area (Å²) in [5.74, 6) is -0.148. The molecule has 0 saturated carbocycles. The number of benzene rings is 1. The molecule has 0 saturated heterocycles. The van der Waals surface area contributed by atoms with Crippen molar-refractivity contribution >= 4 is 11.6 Å². The van der Waals surface area contributed by atoms with Crippen LogP contribution in [0.3, 0.4) is 0 Å². The topological polar surface area (TPSA) is 55.1 Å². The SMILES string of the molecule is C=CCC(N)C(=O)Nc1c(CC)cccc1CC. The van der Waals surface area contributed by atoms with Crippen LogP contribution in [0.2, 0.25) is 0 Å². The maximum absolute atomic E-state index is 12.0. The first kappa shape index (κ1) is 14.5. The van der Waals surface area contributed by atoms with Gasteiger partial charge >= 0.3 is 0 Å². The van der Waals surface area contributed by atoms with Crippen LogP contribution >= 0.6 is 0 Å². The number of nitrogens with two attached hydrogens (primary N) is 1. The van der Waals surface area contributed by atoms with Crippen LogP contribution in [-0.2, 0) is 17.6 Å². The number of hydrogen-bond acceptors (Lipinski definition) is 2. The number of hydrogen-bond donors (Lipinski definition) is 2. The third-order valence-corrected chi connectivity index (χ3v) is 3.00. The van der Waals surface area contributed by atoms with Crippen LogP contribution in [0.25, 0.3) is 0 Å². The molecule has 0 aliphatic carbocycles. The maximum Gasteiger partial charge on any atom is 0.241 e. The van der Waals surface area contributed by atoms with Crippen molar-refractivity contribution < 1.29 is 4.79 Å². The van der Waals surface area contributed by atoms with E-state index in [-0.39, 0.29) is 5.91 Å². The lowest BCUT2D eigenvalue weighted by Crippen LogP contribution is -2.35. The van der Waals surface area contributed by atoms with Gasteiger partial charge in [0.25, 0.3) is 0 Å². The Morgan fingerprint density at radius 1 is 1.39 bits per heavy atom. The Bertz CT molecular complexity index is 404. The number of carbonyl (C=O) groups is 1. The number of aryl methyl sites for hydroxylation is 2. The minimum Gasteiger partial charge on any atom is -0.324 e. The summed E-state index contributed by atoms with van der Waals surface area (Å²) in [4.78, 5) is 12.0. The Balaban J connectivity index is 2.95. The number of amides is 1. The van der Waals surface area contributed by atoms with E-state index in [1.165, 1.54) is 0 Å². The quantitative estimate of drug-likeness (QED) is 0.758. The Hall–Kier alpha value is -1.61. The van der Waals surface area contributed by atoms with Gasteiger partial charge in [-0.1, -0.05) is 38.1 Å². The summed E-state index contributed by atoms with van der Waals surface area (Å²) in [7, 11) is 0. The van der Waals surface area contributed by atoms with Gasteiger partial charge in [-0.05, 0) is 30.4 Å². The van der Waals surface area contributed by atoms with Gasteiger partial charge < -0.3 is 11.1 Å². The van der Waals surface area contributed by atoms with E-state index in [1.807, 2.05) is 18.2 Å². The second-order valence-electron chi connectivity index (χ2n) is 4.28. The fourth-order valence-electron chi connectivity index (χ4n) is 1.91. The second-order valence-corrected chi connectivity index (χ2v) is 4.28. The molecule has 1 unspecified atom stereocenters. The van der Waals surface area contributed by atoms with E-state index in [2.05, 4.69) is 25.7 Å². The van der Waals surface area contributed by atoms with Gasteiger partial charge in [0, 0.05) is 5.69 Å². The smallest absolute Gasteiger partial charge is 0.241 e. The predicted molar refractivity (Wildman–Crippen MR) is 76.6 cm³/mol. The number of anilines is 1. The van der Waals surface area contributed by atoms with Gasteiger partial charge in [0.15, 0.2) is 0 Å². The van der Waals surface area contributed by atoms with Crippen molar-refractivity contribution in [3.63, 3.8) is 0 Å². The fraction of sp³-hybridized carbons (Fsp3) is 0.400. The van der Waals surface area contributed by atoms with Crippen molar-refractivity contribution in [3.05, 3.63) is 42.0 Å². The molecule has 0 heterocycles. The van der Waals surface area contributed by atoms with Crippen molar-refractivity contribution in [2.45, 2.75) is 39.2 Å². The van der Waals surface area contributed by atoms with Gasteiger partial charge in [0.2, 0.25) is 5.91 Å². The average Bonchev–Trinajstić information content (AvgIpc) is 2.39. The van der Waals surface area contributed by atoms with Crippen molar-refractivity contribution in [1.82, 2.24) is 0 Å². The highest BCUT2D eigenvalue weighted by Crippen LogP contribution is 2.22. The van der Waals surface area contributed by atoms with E-state index in [9.17, 15) is 4.79 Å². The highest BCUT2D eigenvalue weighted by Gasteiger charge is 2.15. The largest absolute Gasteiger partial charge is 0.324 e. The zero-order chi connectivity index (χ0) is 13.5. The van der Waals surface area contributed by atoms with Crippen LogP contribution < -0.4 is 11.1 Å². The standard InChI is InChI=1S/C15H22N2O/c1-4-8-13(16)15(18)17-14-11(5-2)9-7-10-12(14)6-3/h4,7,9-10,13H,1,5-6,8,16H2,2-3H3,(H,17,18). The summed E-state index contributed by atoms with van der Waals surface area (Å²) in [6.07, 6.45) is 3.93. The molecule has 0 fully saturated rings. The van der Waals surface area contributed by atoms with Crippen LogP contribution in [0.1, 0.15) is 31.4 Å².